The summed E-state index contributed by atoms with van der Waals surface area (Å²) in [6.07, 6.45) is 1.97. The topological polar surface area (TPSA) is 75.2 Å². The van der Waals surface area contributed by atoms with Crippen LogP contribution < -0.4 is 5.32 Å². The van der Waals surface area contributed by atoms with Gasteiger partial charge in [-0.25, -0.2) is 0 Å². The predicted molar refractivity (Wildman–Crippen MR) is 92.4 cm³/mol. The second-order valence-corrected chi connectivity index (χ2v) is 7.07. The number of aromatic nitrogens is 2. The number of aryl methyl sites for hydroxylation is 1. The minimum absolute atomic E-state index is 0.0663. The van der Waals surface area contributed by atoms with Gasteiger partial charge in [-0.2, -0.15) is 0 Å². The van der Waals surface area contributed by atoms with E-state index in [2.05, 4.69) is 22.1 Å². The first-order chi connectivity index (χ1) is 11.1. The Balaban J connectivity index is 1.85. The molecular weight excluding hydrogens is 332 g/mol. The average Bonchev–Trinajstić information content (AvgIpc) is 3.16. The Morgan fingerprint density at radius 1 is 1.39 bits per heavy atom. The molecule has 0 saturated carbocycles. The molecule has 0 atom stereocenters. The number of carbonyl (C=O) groups excluding carboxylic acids is 2. The van der Waals surface area contributed by atoms with Gasteiger partial charge in [-0.15, -0.1) is 28.1 Å². The maximum absolute atomic E-state index is 12.3. The number of amides is 2. The summed E-state index contributed by atoms with van der Waals surface area (Å²) in [4.78, 5) is 28.2. The zero-order valence-corrected chi connectivity index (χ0v) is 14.5. The van der Waals surface area contributed by atoms with Gasteiger partial charge in [-0.1, -0.05) is 17.4 Å². The summed E-state index contributed by atoms with van der Waals surface area (Å²) in [6.45, 7) is 6.73. The largest absolute Gasteiger partial charge is 0.334 e. The molecule has 2 heterocycles. The van der Waals surface area contributed by atoms with Gasteiger partial charge in [-0.3, -0.25) is 9.59 Å². The number of nitrogens with one attached hydrogen (secondary N) is 1. The highest BCUT2D eigenvalue weighted by Crippen LogP contribution is 2.18. The van der Waals surface area contributed by atoms with Crippen molar-refractivity contribution < 1.29 is 9.59 Å². The number of anilines is 1. The standard InChI is InChI=1S/C15H18N4O2S2/c1-3-8-19(9-12-5-4-11(2)23-12)14(21)7-6-13(20)17-15-18-16-10-22-15/h3-5,10H,1,6-9H2,2H3,(H,17,18,20). The molecular formula is C15H18N4O2S2. The van der Waals surface area contributed by atoms with Crippen molar-refractivity contribution in [2.24, 2.45) is 0 Å². The van der Waals surface area contributed by atoms with Gasteiger partial charge in [0.15, 0.2) is 0 Å². The van der Waals surface area contributed by atoms with Crippen LogP contribution in [0.5, 0.6) is 0 Å². The van der Waals surface area contributed by atoms with E-state index in [1.807, 2.05) is 19.1 Å². The zero-order valence-electron chi connectivity index (χ0n) is 12.8. The molecule has 0 aliphatic rings. The SMILES string of the molecule is C=CCN(Cc1ccc(C)s1)C(=O)CCC(=O)Nc1nncs1. The maximum atomic E-state index is 12.3. The molecule has 0 aliphatic heterocycles. The first-order valence-corrected chi connectivity index (χ1v) is 8.78. The maximum Gasteiger partial charge on any atom is 0.226 e. The molecule has 1 N–H and O–H groups in total. The minimum Gasteiger partial charge on any atom is -0.334 e. The van der Waals surface area contributed by atoms with Gasteiger partial charge in [0.2, 0.25) is 16.9 Å². The van der Waals surface area contributed by atoms with Crippen LogP contribution in [0.15, 0.2) is 30.3 Å². The Hall–Kier alpha value is -2.06. The van der Waals surface area contributed by atoms with E-state index in [4.69, 9.17) is 0 Å². The molecule has 0 radical (unpaired) electrons. The number of hydrogen-bond donors (Lipinski definition) is 1. The molecule has 0 spiro atoms. The molecule has 2 amide bonds. The predicted octanol–water partition coefficient (Wildman–Crippen LogP) is 2.84. The molecule has 0 aromatic carbocycles. The van der Waals surface area contributed by atoms with Crippen molar-refractivity contribution >= 4 is 39.6 Å². The average molecular weight is 350 g/mol. The molecule has 0 aliphatic carbocycles. The molecule has 23 heavy (non-hydrogen) atoms. The third kappa shape index (κ3) is 5.57. The molecule has 0 saturated heterocycles. The fourth-order valence-electron chi connectivity index (χ4n) is 1.96. The number of carbonyl (C=O) groups is 2. The van der Waals surface area contributed by atoms with Crippen LogP contribution in [-0.4, -0.2) is 33.5 Å². The smallest absolute Gasteiger partial charge is 0.226 e. The summed E-state index contributed by atoms with van der Waals surface area (Å²) in [5.74, 6) is -0.302. The van der Waals surface area contributed by atoms with Gasteiger partial charge in [0.05, 0.1) is 6.54 Å². The number of hydrogen-bond acceptors (Lipinski definition) is 6. The Morgan fingerprint density at radius 2 is 2.22 bits per heavy atom. The lowest BCUT2D eigenvalue weighted by Crippen LogP contribution is -2.31. The first-order valence-electron chi connectivity index (χ1n) is 7.08. The molecule has 2 rings (SSSR count). The van der Waals surface area contributed by atoms with Crippen molar-refractivity contribution in [3.63, 3.8) is 0 Å². The lowest BCUT2D eigenvalue weighted by atomic mass is 10.2. The number of nitrogens with zero attached hydrogens (tertiary/aromatic N) is 3. The summed E-state index contributed by atoms with van der Waals surface area (Å²) < 4.78 is 0. The highest BCUT2D eigenvalue weighted by atomic mass is 32.1. The van der Waals surface area contributed by atoms with Crippen LogP contribution in [0.4, 0.5) is 5.13 Å². The van der Waals surface area contributed by atoms with Crippen LogP contribution >= 0.6 is 22.7 Å². The highest BCUT2D eigenvalue weighted by Gasteiger charge is 2.15. The van der Waals surface area contributed by atoms with E-state index in [0.717, 1.165) is 4.88 Å². The summed E-state index contributed by atoms with van der Waals surface area (Å²) in [5.41, 5.74) is 1.54. The van der Waals surface area contributed by atoms with Crippen LogP contribution in [-0.2, 0) is 16.1 Å². The molecule has 2 aromatic heterocycles. The van der Waals surface area contributed by atoms with Gasteiger partial charge in [-0.05, 0) is 19.1 Å². The van der Waals surface area contributed by atoms with Crippen molar-refractivity contribution in [3.05, 3.63) is 40.1 Å². The first kappa shape index (κ1) is 17.3. The monoisotopic (exact) mass is 350 g/mol. The van der Waals surface area contributed by atoms with Crippen LogP contribution in [0, 0.1) is 6.92 Å². The van der Waals surface area contributed by atoms with E-state index in [1.165, 1.54) is 21.7 Å². The van der Waals surface area contributed by atoms with Crippen LogP contribution in [0.3, 0.4) is 0 Å². The molecule has 6 nitrogen and oxygen atoms in total. The second-order valence-electron chi connectivity index (χ2n) is 4.87. The van der Waals surface area contributed by atoms with Gasteiger partial charge >= 0.3 is 0 Å². The molecule has 0 fully saturated rings. The summed E-state index contributed by atoms with van der Waals surface area (Å²) in [6, 6.07) is 4.05. The molecule has 0 bridgehead atoms. The van der Waals surface area contributed by atoms with Crippen LogP contribution in [0.25, 0.3) is 0 Å². The lowest BCUT2D eigenvalue weighted by Gasteiger charge is -2.20. The normalized spacial score (nSPS) is 10.3. The van der Waals surface area contributed by atoms with E-state index < -0.39 is 0 Å². The second kappa shape index (κ2) is 8.54. The van der Waals surface area contributed by atoms with Gasteiger partial charge in [0.25, 0.3) is 0 Å². The van der Waals surface area contributed by atoms with Crippen molar-refractivity contribution in [1.82, 2.24) is 15.1 Å². The molecule has 8 heteroatoms. The highest BCUT2D eigenvalue weighted by molar-refractivity contribution is 7.13. The van der Waals surface area contributed by atoms with E-state index in [9.17, 15) is 9.59 Å². The summed E-state index contributed by atoms with van der Waals surface area (Å²) >= 11 is 2.91. The Morgan fingerprint density at radius 3 is 2.83 bits per heavy atom. The minimum atomic E-state index is -0.236. The van der Waals surface area contributed by atoms with Crippen molar-refractivity contribution in [2.75, 3.05) is 11.9 Å². The van der Waals surface area contributed by atoms with Gasteiger partial charge in [0, 0.05) is 29.1 Å². The van der Waals surface area contributed by atoms with Gasteiger partial charge in [0.1, 0.15) is 5.51 Å². The fraction of sp³-hybridized carbons (Fsp3) is 0.333. The van der Waals surface area contributed by atoms with E-state index in [1.54, 1.807) is 22.3 Å². The van der Waals surface area contributed by atoms with Gasteiger partial charge < -0.3 is 10.2 Å². The Kier molecular flexibility index (Phi) is 6.42. The van der Waals surface area contributed by atoms with Crippen molar-refractivity contribution in [2.45, 2.75) is 26.3 Å². The fourth-order valence-corrected chi connectivity index (χ4v) is 3.32. The zero-order chi connectivity index (χ0) is 16.7. The third-order valence-electron chi connectivity index (χ3n) is 3.02. The molecule has 0 unspecified atom stereocenters. The number of thiophene rings is 1. The summed E-state index contributed by atoms with van der Waals surface area (Å²) in [7, 11) is 0. The quantitative estimate of drug-likeness (QED) is 0.743. The van der Waals surface area contributed by atoms with Crippen molar-refractivity contribution in [3.8, 4) is 0 Å². The third-order valence-corrected chi connectivity index (χ3v) is 4.61. The van der Waals surface area contributed by atoms with Crippen molar-refractivity contribution in [1.29, 1.82) is 0 Å². The van der Waals surface area contributed by atoms with Crippen LogP contribution in [0.2, 0.25) is 0 Å². The van der Waals surface area contributed by atoms with E-state index in [-0.39, 0.29) is 24.7 Å². The van der Waals surface area contributed by atoms with E-state index >= 15 is 0 Å². The lowest BCUT2D eigenvalue weighted by molar-refractivity contribution is -0.132. The summed E-state index contributed by atoms with van der Waals surface area (Å²) in [5, 5.41) is 10.4. The Labute approximate surface area is 142 Å². The Bertz CT molecular complexity index is 667. The molecule has 2 aromatic rings. The van der Waals surface area contributed by atoms with E-state index in [0.29, 0.717) is 18.2 Å². The van der Waals surface area contributed by atoms with Crippen LogP contribution in [0.1, 0.15) is 22.6 Å². The number of rotatable bonds is 8. The molecule has 122 valence electrons.